The molecule has 0 atom stereocenters. The zero-order valence-electron chi connectivity index (χ0n) is 11.9. The van der Waals surface area contributed by atoms with E-state index in [1.807, 2.05) is 30.3 Å². The monoisotopic (exact) mass is 291 g/mol. The Labute approximate surface area is 127 Å². The van der Waals surface area contributed by atoms with E-state index >= 15 is 0 Å². The van der Waals surface area contributed by atoms with E-state index in [1.165, 1.54) is 12.1 Å². The Kier molecular flexibility index (Phi) is 2.93. The first-order chi connectivity index (χ1) is 10.7. The minimum Gasteiger partial charge on any atom is -0.352 e. The van der Waals surface area contributed by atoms with Crippen molar-refractivity contribution in [2.45, 2.75) is 12.8 Å². The maximum absolute atomic E-state index is 13.3. The smallest absolute Gasteiger partial charge is 0.205 e. The number of carbonyl (C=O) groups excluding carboxylic acids is 1. The predicted molar refractivity (Wildman–Crippen MR) is 85.3 cm³/mol. The molecule has 1 aromatic heterocycles. The van der Waals surface area contributed by atoms with Crippen molar-refractivity contribution in [2.75, 3.05) is 0 Å². The number of aromatic nitrogens is 1. The van der Waals surface area contributed by atoms with Gasteiger partial charge < -0.3 is 4.98 Å². The van der Waals surface area contributed by atoms with Crippen molar-refractivity contribution < 1.29 is 9.18 Å². The van der Waals surface area contributed by atoms with Crippen LogP contribution in [0.4, 0.5) is 4.39 Å². The van der Waals surface area contributed by atoms with Crippen molar-refractivity contribution >= 4 is 22.8 Å². The number of benzene rings is 2. The molecule has 1 heterocycles. The molecule has 4 rings (SSSR count). The number of para-hydroxylation sites is 1. The summed E-state index contributed by atoms with van der Waals surface area (Å²) in [5.41, 5.74) is 4.22. The molecule has 22 heavy (non-hydrogen) atoms. The number of fused-ring (bicyclic) bond motifs is 3. The Morgan fingerprint density at radius 1 is 1.05 bits per heavy atom. The van der Waals surface area contributed by atoms with Gasteiger partial charge in [0.1, 0.15) is 5.82 Å². The molecule has 3 heteroatoms. The van der Waals surface area contributed by atoms with Gasteiger partial charge in [0.2, 0.25) is 5.78 Å². The van der Waals surface area contributed by atoms with Crippen LogP contribution in [0.3, 0.4) is 0 Å². The van der Waals surface area contributed by atoms with Crippen molar-refractivity contribution in [3.63, 3.8) is 0 Å². The molecule has 3 aromatic rings. The van der Waals surface area contributed by atoms with Crippen molar-refractivity contribution in [1.29, 1.82) is 0 Å². The Morgan fingerprint density at radius 2 is 1.91 bits per heavy atom. The molecule has 0 saturated heterocycles. The van der Waals surface area contributed by atoms with E-state index in [0.717, 1.165) is 34.0 Å². The summed E-state index contributed by atoms with van der Waals surface area (Å²) in [6.07, 6.45) is 3.30. The lowest BCUT2D eigenvalue weighted by atomic mass is 9.89. The quantitative estimate of drug-likeness (QED) is 0.657. The van der Waals surface area contributed by atoms with E-state index in [2.05, 4.69) is 4.98 Å². The Balaban J connectivity index is 1.79. The first-order valence-corrected chi connectivity index (χ1v) is 7.33. The van der Waals surface area contributed by atoms with Crippen LogP contribution in [0.5, 0.6) is 0 Å². The average molecular weight is 291 g/mol. The molecule has 0 bridgehead atoms. The SMILES string of the molecule is O=C1C(=Cc2cccc(F)c2)CCc2c1[nH]c1ccccc21. The van der Waals surface area contributed by atoms with E-state index in [-0.39, 0.29) is 11.6 Å². The molecule has 1 N–H and O–H groups in total. The van der Waals surface area contributed by atoms with Crippen LogP contribution in [0.2, 0.25) is 0 Å². The summed E-state index contributed by atoms with van der Waals surface area (Å²) < 4.78 is 13.3. The van der Waals surface area contributed by atoms with E-state index in [0.29, 0.717) is 12.1 Å². The maximum atomic E-state index is 13.3. The number of carbonyl (C=O) groups is 1. The van der Waals surface area contributed by atoms with Gasteiger partial charge in [-0.05, 0) is 48.2 Å². The van der Waals surface area contributed by atoms with Gasteiger partial charge in [0.05, 0.1) is 5.69 Å². The number of aromatic amines is 1. The van der Waals surface area contributed by atoms with E-state index in [4.69, 9.17) is 0 Å². The van der Waals surface area contributed by atoms with Crippen LogP contribution in [0.25, 0.3) is 17.0 Å². The third-order valence-electron chi connectivity index (χ3n) is 4.17. The van der Waals surface area contributed by atoms with Crippen molar-refractivity contribution in [3.05, 3.63) is 76.7 Å². The highest BCUT2D eigenvalue weighted by Gasteiger charge is 2.25. The second kappa shape index (κ2) is 4.95. The fraction of sp³-hybridized carbons (Fsp3) is 0.105. The highest BCUT2D eigenvalue weighted by molar-refractivity contribution is 6.14. The summed E-state index contributed by atoms with van der Waals surface area (Å²) in [4.78, 5) is 15.9. The molecule has 2 aromatic carbocycles. The molecule has 0 aliphatic heterocycles. The first-order valence-electron chi connectivity index (χ1n) is 7.33. The number of H-pyrrole nitrogens is 1. The number of ketones is 1. The molecule has 0 spiro atoms. The standard InChI is InChI=1S/C19H14FNO/c20-14-5-3-4-12(11-14)10-13-8-9-16-15-6-1-2-7-17(15)21-18(16)19(13)22/h1-7,10-11,21H,8-9H2. The average Bonchev–Trinajstić information content (AvgIpc) is 2.90. The minimum atomic E-state index is -0.288. The van der Waals surface area contributed by atoms with Gasteiger partial charge in [0.15, 0.2) is 0 Å². The fourth-order valence-electron chi connectivity index (χ4n) is 3.12. The minimum absolute atomic E-state index is 0.0155. The second-order valence-corrected chi connectivity index (χ2v) is 5.58. The van der Waals surface area contributed by atoms with Gasteiger partial charge in [-0.25, -0.2) is 4.39 Å². The Hall–Kier alpha value is -2.68. The summed E-state index contributed by atoms with van der Waals surface area (Å²) in [6, 6.07) is 14.3. The van der Waals surface area contributed by atoms with Crippen LogP contribution in [-0.4, -0.2) is 10.8 Å². The highest BCUT2D eigenvalue weighted by Crippen LogP contribution is 2.32. The number of hydrogen-bond acceptors (Lipinski definition) is 1. The number of rotatable bonds is 1. The Bertz CT molecular complexity index is 920. The summed E-state index contributed by atoms with van der Waals surface area (Å²) in [6.45, 7) is 0. The van der Waals surface area contributed by atoms with Crippen LogP contribution < -0.4 is 0 Å². The molecule has 1 aliphatic rings. The zero-order chi connectivity index (χ0) is 15.1. The third kappa shape index (κ3) is 2.06. The van der Waals surface area contributed by atoms with Crippen molar-refractivity contribution in [2.24, 2.45) is 0 Å². The predicted octanol–water partition coefficient (Wildman–Crippen LogP) is 4.52. The van der Waals surface area contributed by atoms with Crippen molar-refractivity contribution in [1.82, 2.24) is 4.98 Å². The van der Waals surface area contributed by atoms with Gasteiger partial charge in [-0.3, -0.25) is 4.79 Å². The number of aryl methyl sites for hydroxylation is 1. The van der Waals surface area contributed by atoms with Crippen molar-refractivity contribution in [3.8, 4) is 0 Å². The van der Waals surface area contributed by atoms with Gasteiger partial charge in [0.25, 0.3) is 0 Å². The molecule has 1 aliphatic carbocycles. The van der Waals surface area contributed by atoms with E-state index in [1.54, 1.807) is 12.1 Å². The number of Topliss-reactive ketones (excluding diaryl/α,β-unsaturated/α-hetero) is 1. The largest absolute Gasteiger partial charge is 0.352 e. The molecule has 0 radical (unpaired) electrons. The highest BCUT2D eigenvalue weighted by atomic mass is 19.1. The fourth-order valence-corrected chi connectivity index (χ4v) is 3.12. The lowest BCUT2D eigenvalue weighted by molar-refractivity contribution is 0.102. The number of halogens is 1. The van der Waals surface area contributed by atoms with Gasteiger partial charge >= 0.3 is 0 Å². The molecule has 0 amide bonds. The topological polar surface area (TPSA) is 32.9 Å². The molecule has 0 saturated carbocycles. The lowest BCUT2D eigenvalue weighted by Crippen LogP contribution is -2.13. The normalized spacial score (nSPS) is 16.2. The third-order valence-corrected chi connectivity index (χ3v) is 4.17. The Morgan fingerprint density at radius 3 is 2.77 bits per heavy atom. The second-order valence-electron chi connectivity index (χ2n) is 5.58. The lowest BCUT2D eigenvalue weighted by Gasteiger charge is -2.14. The van der Waals surface area contributed by atoms with Crippen LogP contribution >= 0.6 is 0 Å². The molecule has 0 fully saturated rings. The molecule has 0 unspecified atom stereocenters. The van der Waals surface area contributed by atoms with E-state index in [9.17, 15) is 9.18 Å². The van der Waals surface area contributed by atoms with Gasteiger partial charge in [0, 0.05) is 16.5 Å². The summed E-state index contributed by atoms with van der Waals surface area (Å²) in [5, 5.41) is 1.12. The number of allylic oxidation sites excluding steroid dienone is 1. The molecular formula is C19H14FNO. The van der Waals surface area contributed by atoms with Gasteiger partial charge in [-0.1, -0.05) is 30.3 Å². The van der Waals surface area contributed by atoms with Crippen LogP contribution in [0.1, 0.15) is 28.0 Å². The zero-order valence-corrected chi connectivity index (χ0v) is 11.9. The van der Waals surface area contributed by atoms with Crippen LogP contribution in [0, 0.1) is 5.82 Å². The summed E-state index contributed by atoms with van der Waals surface area (Å²) in [7, 11) is 0. The maximum Gasteiger partial charge on any atom is 0.205 e. The molecule has 2 nitrogen and oxygen atoms in total. The molecular weight excluding hydrogens is 277 g/mol. The summed E-state index contributed by atoms with van der Waals surface area (Å²) >= 11 is 0. The molecule has 108 valence electrons. The van der Waals surface area contributed by atoms with Gasteiger partial charge in [-0.15, -0.1) is 0 Å². The first kappa shape index (κ1) is 13.0. The van der Waals surface area contributed by atoms with Gasteiger partial charge in [-0.2, -0.15) is 0 Å². The van der Waals surface area contributed by atoms with Crippen LogP contribution in [0.15, 0.2) is 54.1 Å². The van der Waals surface area contributed by atoms with E-state index < -0.39 is 0 Å². The summed E-state index contributed by atoms with van der Waals surface area (Å²) in [5.74, 6) is -0.273. The number of nitrogens with one attached hydrogen (secondary N) is 1. The van der Waals surface area contributed by atoms with Crippen LogP contribution in [-0.2, 0) is 6.42 Å². The number of hydrogen-bond donors (Lipinski definition) is 1.